The second-order valence-electron chi connectivity index (χ2n) is 4.16. The van der Waals surface area contributed by atoms with E-state index in [0.717, 1.165) is 45.8 Å². The third-order valence-electron chi connectivity index (χ3n) is 3.18. The van der Waals surface area contributed by atoms with E-state index in [2.05, 4.69) is 20.4 Å². The zero-order chi connectivity index (χ0) is 10.5. The van der Waals surface area contributed by atoms with Gasteiger partial charge in [-0.3, -0.25) is 9.80 Å². The number of nitrogens with zero attached hydrogens (tertiary/aromatic N) is 3. The minimum Gasteiger partial charge on any atom is -0.312 e. The fourth-order valence-corrected chi connectivity index (χ4v) is 2.24. The normalized spacial score (nSPS) is 30.6. The maximum absolute atomic E-state index is 12.1. The first-order chi connectivity index (χ1) is 7.40. The summed E-state index contributed by atoms with van der Waals surface area (Å²) in [5, 5.41) is 7.95. The molecule has 1 atom stereocenters. The lowest BCUT2D eigenvalue weighted by molar-refractivity contribution is 0.0696. The first kappa shape index (κ1) is 11.3. The molecule has 2 saturated heterocycles. The molecule has 1 radical (unpaired) electrons. The van der Waals surface area contributed by atoms with Crippen molar-refractivity contribution in [1.29, 1.82) is 0 Å². The van der Waals surface area contributed by atoms with E-state index in [9.17, 15) is 4.39 Å². The van der Waals surface area contributed by atoms with Crippen LogP contribution in [0.1, 0.15) is 0 Å². The summed E-state index contributed by atoms with van der Waals surface area (Å²) in [6.07, 6.45) is 0.353. The minimum absolute atomic E-state index is 0.227. The van der Waals surface area contributed by atoms with Crippen LogP contribution >= 0.6 is 0 Å². The average Bonchev–Trinajstić information content (AvgIpc) is 2.32. The van der Waals surface area contributed by atoms with E-state index in [1.165, 1.54) is 0 Å². The van der Waals surface area contributed by atoms with Crippen LogP contribution < -0.4 is 10.6 Å². The molecule has 0 aromatic carbocycles. The van der Waals surface area contributed by atoms with E-state index in [-0.39, 0.29) is 6.67 Å². The van der Waals surface area contributed by atoms with Crippen molar-refractivity contribution in [3.05, 3.63) is 0 Å². The third-order valence-corrected chi connectivity index (χ3v) is 3.18. The number of rotatable bonds is 3. The molecule has 2 rings (SSSR count). The molecule has 0 aliphatic carbocycles. The zero-order valence-corrected chi connectivity index (χ0v) is 9.16. The van der Waals surface area contributed by atoms with Crippen molar-refractivity contribution in [2.45, 2.75) is 6.17 Å². The molecule has 1 unspecified atom stereocenters. The number of alkyl halides is 1. The molecule has 0 saturated carbocycles. The van der Waals surface area contributed by atoms with Gasteiger partial charge in [0.2, 0.25) is 0 Å². The van der Waals surface area contributed by atoms with Crippen LogP contribution in [-0.4, -0.2) is 75.0 Å². The topological polar surface area (TPSA) is 32.6 Å². The van der Waals surface area contributed by atoms with Crippen molar-refractivity contribution >= 4 is 0 Å². The van der Waals surface area contributed by atoms with Crippen molar-refractivity contribution in [2.24, 2.45) is 0 Å². The number of nitrogens with one attached hydrogen (secondary N) is 1. The Morgan fingerprint density at radius 3 is 2.67 bits per heavy atom. The van der Waals surface area contributed by atoms with Gasteiger partial charge in [0.1, 0.15) is 6.67 Å². The fourth-order valence-electron chi connectivity index (χ4n) is 2.24. The summed E-state index contributed by atoms with van der Waals surface area (Å²) < 4.78 is 12.1. The second-order valence-corrected chi connectivity index (χ2v) is 4.16. The SMILES string of the molecule is FCCN1CCN(C2CNCC[N]2)CC1. The van der Waals surface area contributed by atoms with Gasteiger partial charge in [-0.05, 0) is 0 Å². The number of hydrogen-bond acceptors (Lipinski definition) is 3. The summed E-state index contributed by atoms with van der Waals surface area (Å²) >= 11 is 0. The zero-order valence-electron chi connectivity index (χ0n) is 9.16. The standard InChI is InChI=1S/C10H20FN4/c11-1-4-14-5-7-15(8-6-14)10-9-12-2-3-13-10/h10,12H,1-9H2. The predicted octanol–water partition coefficient (Wildman–Crippen LogP) is -0.893. The Hall–Kier alpha value is -0.230. The Labute approximate surface area is 90.8 Å². The smallest absolute Gasteiger partial charge is 0.102 e. The molecule has 15 heavy (non-hydrogen) atoms. The summed E-state index contributed by atoms with van der Waals surface area (Å²) in [5.41, 5.74) is 0. The van der Waals surface area contributed by atoms with Gasteiger partial charge in [0.05, 0.1) is 6.17 Å². The lowest BCUT2D eigenvalue weighted by Crippen LogP contribution is -2.59. The summed E-state index contributed by atoms with van der Waals surface area (Å²) in [6, 6.07) is 0. The van der Waals surface area contributed by atoms with Crippen molar-refractivity contribution in [2.75, 3.05) is 59.0 Å². The van der Waals surface area contributed by atoms with E-state index < -0.39 is 0 Å². The second kappa shape index (κ2) is 5.75. The molecule has 87 valence electrons. The van der Waals surface area contributed by atoms with Gasteiger partial charge in [0, 0.05) is 52.4 Å². The highest BCUT2D eigenvalue weighted by atomic mass is 19.1. The molecule has 2 fully saturated rings. The van der Waals surface area contributed by atoms with E-state index in [1.807, 2.05) is 0 Å². The summed E-state index contributed by atoms with van der Waals surface area (Å²) in [6.45, 7) is 7.29. The fraction of sp³-hybridized carbons (Fsp3) is 1.00. The van der Waals surface area contributed by atoms with E-state index in [1.54, 1.807) is 0 Å². The highest BCUT2D eigenvalue weighted by Crippen LogP contribution is 2.06. The number of halogens is 1. The predicted molar refractivity (Wildman–Crippen MR) is 57.6 cm³/mol. The lowest BCUT2D eigenvalue weighted by atomic mass is 10.2. The quantitative estimate of drug-likeness (QED) is 0.663. The Bertz CT molecular complexity index is 176. The van der Waals surface area contributed by atoms with Gasteiger partial charge in [-0.1, -0.05) is 0 Å². The molecule has 0 bridgehead atoms. The van der Waals surface area contributed by atoms with Gasteiger partial charge < -0.3 is 5.32 Å². The maximum atomic E-state index is 12.1. The van der Waals surface area contributed by atoms with Gasteiger partial charge in [0.15, 0.2) is 0 Å². The van der Waals surface area contributed by atoms with Crippen LogP contribution in [0.2, 0.25) is 0 Å². The summed E-state index contributed by atoms with van der Waals surface area (Å²) in [4.78, 5) is 4.59. The van der Waals surface area contributed by atoms with Crippen LogP contribution in [0.4, 0.5) is 4.39 Å². The van der Waals surface area contributed by atoms with E-state index in [4.69, 9.17) is 0 Å². The number of hydrogen-bond donors (Lipinski definition) is 1. The Morgan fingerprint density at radius 2 is 2.07 bits per heavy atom. The molecule has 0 aromatic heterocycles. The van der Waals surface area contributed by atoms with E-state index in [0.29, 0.717) is 12.7 Å². The molecule has 2 aliphatic heterocycles. The van der Waals surface area contributed by atoms with Gasteiger partial charge in [-0.25, -0.2) is 9.71 Å². The first-order valence-electron chi connectivity index (χ1n) is 5.80. The third kappa shape index (κ3) is 3.11. The van der Waals surface area contributed by atoms with Gasteiger partial charge in [-0.2, -0.15) is 0 Å². The molecule has 5 heteroatoms. The molecular formula is C10H20FN4. The van der Waals surface area contributed by atoms with Crippen molar-refractivity contribution in [3.63, 3.8) is 0 Å². The van der Waals surface area contributed by atoms with E-state index >= 15 is 0 Å². The van der Waals surface area contributed by atoms with Crippen molar-refractivity contribution < 1.29 is 4.39 Å². The highest BCUT2D eigenvalue weighted by Gasteiger charge is 2.25. The summed E-state index contributed by atoms with van der Waals surface area (Å²) in [5.74, 6) is 0. The molecule has 0 aromatic rings. The Morgan fingerprint density at radius 1 is 1.27 bits per heavy atom. The largest absolute Gasteiger partial charge is 0.312 e. The van der Waals surface area contributed by atoms with Crippen LogP contribution in [0.3, 0.4) is 0 Å². The van der Waals surface area contributed by atoms with Gasteiger partial charge >= 0.3 is 0 Å². The number of piperazine rings is 2. The highest BCUT2D eigenvalue weighted by molar-refractivity contribution is 4.80. The molecule has 2 aliphatic rings. The minimum atomic E-state index is -0.227. The van der Waals surface area contributed by atoms with Crippen LogP contribution in [0.15, 0.2) is 0 Å². The van der Waals surface area contributed by atoms with Crippen LogP contribution in [-0.2, 0) is 0 Å². The van der Waals surface area contributed by atoms with Crippen LogP contribution in [0, 0.1) is 0 Å². The molecule has 4 nitrogen and oxygen atoms in total. The van der Waals surface area contributed by atoms with Crippen LogP contribution in [0.5, 0.6) is 0 Å². The molecule has 0 amide bonds. The monoisotopic (exact) mass is 215 g/mol. The van der Waals surface area contributed by atoms with Crippen molar-refractivity contribution in [1.82, 2.24) is 20.4 Å². The maximum Gasteiger partial charge on any atom is 0.102 e. The van der Waals surface area contributed by atoms with Gasteiger partial charge in [-0.15, -0.1) is 0 Å². The first-order valence-corrected chi connectivity index (χ1v) is 5.80. The average molecular weight is 215 g/mol. The van der Waals surface area contributed by atoms with Crippen LogP contribution in [0.25, 0.3) is 0 Å². The molecule has 0 spiro atoms. The molecular weight excluding hydrogens is 195 g/mol. The lowest BCUT2D eigenvalue weighted by Gasteiger charge is -2.40. The molecule has 2 heterocycles. The van der Waals surface area contributed by atoms with Crippen molar-refractivity contribution in [3.8, 4) is 0 Å². The summed E-state index contributed by atoms with van der Waals surface area (Å²) in [7, 11) is 0. The van der Waals surface area contributed by atoms with Gasteiger partial charge in [0.25, 0.3) is 0 Å². The molecule has 1 N–H and O–H groups in total. The Kier molecular flexibility index (Phi) is 4.31. The Balaban J connectivity index is 1.72.